The first-order valence-electron chi connectivity index (χ1n) is 8.51. The highest BCUT2D eigenvalue weighted by molar-refractivity contribution is 5.78. The van der Waals surface area contributed by atoms with Crippen molar-refractivity contribution in [3.63, 3.8) is 0 Å². The largest absolute Gasteiger partial charge is 0.497 e. The molecule has 0 fully saturated rings. The number of benzene rings is 2. The summed E-state index contributed by atoms with van der Waals surface area (Å²) in [5.74, 6) is 1.38. The van der Waals surface area contributed by atoms with E-state index in [1.165, 1.54) is 6.33 Å². The summed E-state index contributed by atoms with van der Waals surface area (Å²) >= 11 is 0. The van der Waals surface area contributed by atoms with E-state index < -0.39 is 4.92 Å². The van der Waals surface area contributed by atoms with Gasteiger partial charge in [-0.1, -0.05) is 12.1 Å². The highest BCUT2D eigenvalue weighted by Gasteiger charge is 2.24. The Morgan fingerprint density at radius 1 is 1.04 bits per heavy atom. The molecule has 0 atom stereocenters. The number of hydrogen-bond donors (Lipinski definition) is 2. The van der Waals surface area contributed by atoms with Crippen molar-refractivity contribution in [2.24, 2.45) is 0 Å². The van der Waals surface area contributed by atoms with Crippen molar-refractivity contribution < 1.29 is 14.4 Å². The molecule has 9 nitrogen and oxygen atoms in total. The Hall–Kier alpha value is -3.88. The first kappa shape index (κ1) is 18.9. The molecule has 1 aromatic heterocycles. The van der Waals surface area contributed by atoms with Gasteiger partial charge in [0, 0.05) is 5.69 Å². The van der Waals surface area contributed by atoms with Crippen molar-refractivity contribution in [2.75, 3.05) is 24.4 Å². The summed E-state index contributed by atoms with van der Waals surface area (Å²) in [6.45, 7) is 2.33. The Morgan fingerprint density at radius 3 is 2.36 bits per heavy atom. The number of hydrogen-bond acceptors (Lipinski definition) is 8. The molecule has 0 bridgehead atoms. The zero-order valence-electron chi connectivity index (χ0n) is 15.4. The minimum atomic E-state index is -0.530. The summed E-state index contributed by atoms with van der Waals surface area (Å²) in [6.07, 6.45) is 1.25. The fourth-order valence-electron chi connectivity index (χ4n) is 2.52. The van der Waals surface area contributed by atoms with Gasteiger partial charge in [0.05, 0.1) is 24.3 Å². The second kappa shape index (κ2) is 8.67. The molecule has 9 heteroatoms. The lowest BCUT2D eigenvalue weighted by Gasteiger charge is -2.13. The number of methoxy groups -OCH3 is 1. The van der Waals surface area contributed by atoms with Gasteiger partial charge in [0.25, 0.3) is 0 Å². The molecule has 0 aliphatic heterocycles. The molecule has 28 heavy (non-hydrogen) atoms. The van der Waals surface area contributed by atoms with Crippen molar-refractivity contribution in [3.05, 3.63) is 65.0 Å². The second-order valence-corrected chi connectivity index (χ2v) is 5.58. The maximum atomic E-state index is 11.7. The lowest BCUT2D eigenvalue weighted by molar-refractivity contribution is -0.383. The maximum absolute atomic E-state index is 11.7. The Bertz CT molecular complexity index is 963. The van der Waals surface area contributed by atoms with Crippen molar-refractivity contribution >= 4 is 28.7 Å². The van der Waals surface area contributed by atoms with Crippen LogP contribution >= 0.6 is 0 Å². The maximum Gasteiger partial charge on any atom is 0.353 e. The lowest BCUT2D eigenvalue weighted by Crippen LogP contribution is -2.06. The number of nitro groups is 1. The zero-order chi connectivity index (χ0) is 19.9. The van der Waals surface area contributed by atoms with E-state index in [-0.39, 0.29) is 17.3 Å². The monoisotopic (exact) mass is 381 g/mol. The standard InChI is InChI=1S/C19H19N5O4/c1-3-28-16-7-5-4-6-15(16)23-19-17(24(25)26)18(20-12-21-19)22-13-8-10-14(27-2)11-9-13/h4-12H,3H2,1-2H3,(H2,20,21,22,23). The molecule has 0 aliphatic rings. The van der Waals surface area contributed by atoms with Crippen LogP contribution in [0.5, 0.6) is 11.5 Å². The summed E-state index contributed by atoms with van der Waals surface area (Å²) in [4.78, 5) is 19.3. The Morgan fingerprint density at radius 2 is 1.71 bits per heavy atom. The lowest BCUT2D eigenvalue weighted by atomic mass is 10.2. The first-order chi connectivity index (χ1) is 13.6. The van der Waals surface area contributed by atoms with Gasteiger partial charge in [0.15, 0.2) is 0 Å². The summed E-state index contributed by atoms with van der Waals surface area (Å²) in [5, 5.41) is 17.7. The van der Waals surface area contributed by atoms with Crippen molar-refractivity contribution in [3.8, 4) is 11.5 Å². The van der Waals surface area contributed by atoms with Gasteiger partial charge in [-0.25, -0.2) is 9.97 Å². The van der Waals surface area contributed by atoms with Crippen LogP contribution in [0.4, 0.5) is 28.7 Å². The van der Waals surface area contributed by atoms with E-state index in [1.54, 1.807) is 49.6 Å². The first-order valence-corrected chi connectivity index (χ1v) is 8.51. The number of aromatic nitrogens is 2. The highest BCUT2D eigenvalue weighted by Crippen LogP contribution is 2.35. The minimum absolute atomic E-state index is 0.0585. The Balaban J connectivity index is 1.94. The number of para-hydroxylation sites is 2. The molecule has 3 aromatic rings. The van der Waals surface area contributed by atoms with Crippen LogP contribution in [-0.4, -0.2) is 28.6 Å². The molecular weight excluding hydrogens is 362 g/mol. The van der Waals surface area contributed by atoms with Crippen LogP contribution in [0, 0.1) is 10.1 Å². The van der Waals surface area contributed by atoms with E-state index in [1.807, 2.05) is 13.0 Å². The average Bonchev–Trinajstić information content (AvgIpc) is 2.70. The van der Waals surface area contributed by atoms with Crippen molar-refractivity contribution in [1.82, 2.24) is 9.97 Å². The molecule has 2 aromatic carbocycles. The summed E-state index contributed by atoms with van der Waals surface area (Å²) < 4.78 is 10.7. The van der Waals surface area contributed by atoms with Gasteiger partial charge >= 0.3 is 5.69 Å². The molecule has 0 amide bonds. The highest BCUT2D eigenvalue weighted by atomic mass is 16.6. The van der Waals surface area contributed by atoms with E-state index in [0.717, 1.165) is 0 Å². The predicted octanol–water partition coefficient (Wildman–Crippen LogP) is 4.28. The van der Waals surface area contributed by atoms with Crippen LogP contribution < -0.4 is 20.1 Å². The third kappa shape index (κ3) is 4.26. The number of nitrogens with zero attached hydrogens (tertiary/aromatic N) is 3. The van der Waals surface area contributed by atoms with Crippen LogP contribution in [0.25, 0.3) is 0 Å². The molecule has 0 saturated carbocycles. The van der Waals surface area contributed by atoms with Gasteiger partial charge in [0.1, 0.15) is 17.8 Å². The number of rotatable bonds is 8. The van der Waals surface area contributed by atoms with Gasteiger partial charge in [-0.15, -0.1) is 0 Å². The molecule has 144 valence electrons. The van der Waals surface area contributed by atoms with E-state index in [2.05, 4.69) is 20.6 Å². The molecular formula is C19H19N5O4. The molecule has 0 radical (unpaired) electrons. The Kier molecular flexibility index (Phi) is 5.85. The van der Waals surface area contributed by atoms with Gasteiger partial charge in [-0.3, -0.25) is 10.1 Å². The normalized spacial score (nSPS) is 10.2. The van der Waals surface area contributed by atoms with Crippen molar-refractivity contribution in [2.45, 2.75) is 6.92 Å². The van der Waals surface area contributed by atoms with Gasteiger partial charge in [-0.2, -0.15) is 0 Å². The van der Waals surface area contributed by atoms with Crippen LogP contribution in [0.3, 0.4) is 0 Å². The average molecular weight is 381 g/mol. The smallest absolute Gasteiger partial charge is 0.353 e. The van der Waals surface area contributed by atoms with Crippen molar-refractivity contribution in [1.29, 1.82) is 0 Å². The Labute approximate surface area is 161 Å². The molecule has 2 N–H and O–H groups in total. The van der Waals surface area contributed by atoms with Crippen LogP contribution in [0.2, 0.25) is 0 Å². The second-order valence-electron chi connectivity index (χ2n) is 5.58. The third-order valence-corrected chi connectivity index (χ3v) is 3.80. The molecule has 0 saturated heterocycles. The quantitative estimate of drug-likeness (QED) is 0.439. The minimum Gasteiger partial charge on any atom is -0.497 e. The number of anilines is 4. The van der Waals surface area contributed by atoms with Gasteiger partial charge < -0.3 is 20.1 Å². The fourth-order valence-corrected chi connectivity index (χ4v) is 2.52. The van der Waals surface area contributed by atoms with Crippen LogP contribution in [-0.2, 0) is 0 Å². The zero-order valence-corrected chi connectivity index (χ0v) is 15.4. The molecule has 1 heterocycles. The fraction of sp³-hybridized carbons (Fsp3) is 0.158. The summed E-state index contributed by atoms with van der Waals surface area (Å²) in [6, 6.07) is 14.1. The van der Waals surface area contributed by atoms with Crippen LogP contribution in [0.1, 0.15) is 6.92 Å². The van der Waals surface area contributed by atoms with E-state index in [9.17, 15) is 10.1 Å². The molecule has 0 unspecified atom stereocenters. The van der Waals surface area contributed by atoms with Gasteiger partial charge in [0.2, 0.25) is 11.6 Å². The SMILES string of the molecule is CCOc1ccccc1Nc1ncnc(Nc2ccc(OC)cc2)c1[N+](=O)[O-]. The summed E-state index contributed by atoms with van der Waals surface area (Å²) in [7, 11) is 1.57. The summed E-state index contributed by atoms with van der Waals surface area (Å²) in [5.41, 5.74) is 0.925. The third-order valence-electron chi connectivity index (χ3n) is 3.80. The number of ether oxygens (including phenoxy) is 2. The van der Waals surface area contributed by atoms with E-state index in [0.29, 0.717) is 29.5 Å². The molecule has 0 aliphatic carbocycles. The predicted molar refractivity (Wildman–Crippen MR) is 106 cm³/mol. The topological polar surface area (TPSA) is 111 Å². The van der Waals surface area contributed by atoms with Gasteiger partial charge in [-0.05, 0) is 43.3 Å². The molecule has 0 spiro atoms. The van der Waals surface area contributed by atoms with E-state index in [4.69, 9.17) is 9.47 Å². The van der Waals surface area contributed by atoms with E-state index >= 15 is 0 Å². The molecule has 3 rings (SSSR count). The van der Waals surface area contributed by atoms with Crippen LogP contribution in [0.15, 0.2) is 54.9 Å². The number of nitrogens with one attached hydrogen (secondary N) is 2.